The Bertz CT molecular complexity index is 869. The molecular formula is C22H27N3O2S. The normalized spacial score (nSPS) is 25.9. The van der Waals surface area contributed by atoms with Crippen molar-refractivity contribution in [3.8, 4) is 0 Å². The van der Waals surface area contributed by atoms with Gasteiger partial charge in [-0.25, -0.2) is 4.98 Å². The van der Waals surface area contributed by atoms with Crippen molar-refractivity contribution in [2.24, 2.45) is 5.41 Å². The minimum atomic E-state index is -0.377. The van der Waals surface area contributed by atoms with Gasteiger partial charge in [-0.15, -0.1) is 11.3 Å². The van der Waals surface area contributed by atoms with Crippen LogP contribution in [-0.2, 0) is 9.59 Å². The summed E-state index contributed by atoms with van der Waals surface area (Å²) >= 11 is 1.78. The average Bonchev–Trinajstić information content (AvgIpc) is 3.24. The Morgan fingerprint density at radius 3 is 2.75 bits per heavy atom. The molecule has 0 N–H and O–H groups in total. The average molecular weight is 398 g/mol. The molecule has 3 heterocycles. The maximum atomic E-state index is 13.1. The number of hydrogen-bond donors (Lipinski definition) is 0. The van der Waals surface area contributed by atoms with Gasteiger partial charge in [0.1, 0.15) is 0 Å². The van der Waals surface area contributed by atoms with Crippen LogP contribution < -0.4 is 0 Å². The van der Waals surface area contributed by atoms with Crippen molar-refractivity contribution in [3.05, 3.63) is 29.3 Å². The van der Waals surface area contributed by atoms with Crippen LogP contribution in [0.15, 0.2) is 24.3 Å². The van der Waals surface area contributed by atoms with Crippen LogP contribution >= 0.6 is 11.3 Å². The van der Waals surface area contributed by atoms with E-state index in [0.29, 0.717) is 19.0 Å². The van der Waals surface area contributed by atoms with E-state index in [1.807, 2.05) is 6.07 Å². The van der Waals surface area contributed by atoms with Crippen molar-refractivity contribution in [3.63, 3.8) is 0 Å². The minimum absolute atomic E-state index is 0.0361. The number of carbonyl (C=O) groups excluding carboxylic acids is 2. The molecule has 2 saturated heterocycles. The highest BCUT2D eigenvalue weighted by Crippen LogP contribution is 2.45. The lowest BCUT2D eigenvalue weighted by molar-refractivity contribution is -0.145. The van der Waals surface area contributed by atoms with E-state index in [1.165, 1.54) is 16.1 Å². The van der Waals surface area contributed by atoms with Gasteiger partial charge >= 0.3 is 0 Å². The van der Waals surface area contributed by atoms with E-state index >= 15 is 0 Å². The van der Waals surface area contributed by atoms with Gasteiger partial charge in [0.2, 0.25) is 11.8 Å². The van der Waals surface area contributed by atoms with Crippen LogP contribution in [-0.4, -0.2) is 46.4 Å². The van der Waals surface area contributed by atoms with Gasteiger partial charge in [0, 0.05) is 18.9 Å². The van der Waals surface area contributed by atoms with Crippen LogP contribution in [0.3, 0.4) is 0 Å². The van der Waals surface area contributed by atoms with Crippen molar-refractivity contribution in [1.82, 2.24) is 14.8 Å². The highest BCUT2D eigenvalue weighted by Gasteiger charge is 2.51. The van der Waals surface area contributed by atoms with Crippen LogP contribution in [0.4, 0.5) is 0 Å². The van der Waals surface area contributed by atoms with Gasteiger partial charge in [-0.05, 0) is 44.4 Å². The fourth-order valence-corrected chi connectivity index (χ4v) is 6.37. The van der Waals surface area contributed by atoms with E-state index in [2.05, 4.69) is 23.1 Å². The molecule has 3 fully saturated rings. The predicted molar refractivity (Wildman–Crippen MR) is 110 cm³/mol. The quantitative estimate of drug-likeness (QED) is 0.731. The third-order valence-electron chi connectivity index (χ3n) is 6.81. The summed E-state index contributed by atoms with van der Waals surface area (Å²) < 4.78 is 1.23. The second-order valence-electron chi connectivity index (χ2n) is 8.72. The number of aromatic nitrogens is 1. The van der Waals surface area contributed by atoms with Crippen LogP contribution in [0, 0.1) is 5.41 Å². The number of hydrogen-bond acceptors (Lipinski definition) is 5. The number of rotatable bonds is 3. The molecule has 5 rings (SSSR count). The zero-order valence-electron chi connectivity index (χ0n) is 16.2. The van der Waals surface area contributed by atoms with Crippen LogP contribution in [0.1, 0.15) is 62.3 Å². The Morgan fingerprint density at radius 1 is 1.11 bits per heavy atom. The molecule has 0 bridgehead atoms. The largest absolute Gasteiger partial charge is 0.285 e. The molecule has 2 aliphatic heterocycles. The molecular weight excluding hydrogens is 370 g/mol. The van der Waals surface area contributed by atoms with Crippen molar-refractivity contribution < 1.29 is 9.59 Å². The zero-order valence-corrected chi connectivity index (χ0v) is 17.0. The molecule has 2 aromatic rings. The summed E-state index contributed by atoms with van der Waals surface area (Å²) in [4.78, 5) is 34.5. The first-order chi connectivity index (χ1) is 13.6. The molecule has 1 spiro atoms. The van der Waals surface area contributed by atoms with E-state index in [-0.39, 0.29) is 17.2 Å². The minimum Gasteiger partial charge on any atom is -0.285 e. The third-order valence-corrected chi connectivity index (χ3v) is 8.01. The van der Waals surface area contributed by atoms with Gasteiger partial charge in [0.25, 0.3) is 0 Å². The number of carbonyl (C=O) groups is 2. The molecule has 0 radical (unpaired) electrons. The first-order valence-corrected chi connectivity index (χ1v) is 11.4. The zero-order chi connectivity index (χ0) is 19.1. The van der Waals surface area contributed by atoms with Crippen molar-refractivity contribution in [1.29, 1.82) is 0 Å². The Balaban J connectivity index is 1.29. The smallest absolute Gasteiger partial charge is 0.237 e. The van der Waals surface area contributed by atoms with Crippen molar-refractivity contribution >= 4 is 33.4 Å². The van der Waals surface area contributed by atoms with Crippen molar-refractivity contribution in [2.45, 2.75) is 57.3 Å². The first kappa shape index (κ1) is 18.3. The number of imide groups is 1. The predicted octanol–water partition coefficient (Wildman–Crippen LogP) is 4.14. The second-order valence-corrected chi connectivity index (χ2v) is 9.78. The monoisotopic (exact) mass is 397 g/mol. The Kier molecular flexibility index (Phi) is 4.71. The maximum Gasteiger partial charge on any atom is 0.237 e. The molecule has 1 aromatic carbocycles. The summed E-state index contributed by atoms with van der Waals surface area (Å²) in [5, 5.41) is 1.19. The molecule has 1 atom stereocenters. The lowest BCUT2D eigenvalue weighted by Gasteiger charge is -2.35. The fourth-order valence-electron chi connectivity index (χ4n) is 5.27. The molecule has 1 saturated carbocycles. The topological polar surface area (TPSA) is 53.5 Å². The fraction of sp³-hybridized carbons (Fsp3) is 0.591. The molecule has 28 heavy (non-hydrogen) atoms. The van der Waals surface area contributed by atoms with Gasteiger partial charge in [-0.1, -0.05) is 31.4 Å². The summed E-state index contributed by atoms with van der Waals surface area (Å²) in [6, 6.07) is 8.29. The van der Waals surface area contributed by atoms with Gasteiger partial charge in [-0.2, -0.15) is 0 Å². The molecule has 1 aliphatic carbocycles. The highest BCUT2D eigenvalue weighted by molar-refractivity contribution is 7.18. The SMILES string of the molecule is O=C1CC2(CCCCC2)C(=O)N1CN1CCC[C@H](c2nc3ccccc3s2)C1. The lowest BCUT2D eigenvalue weighted by Crippen LogP contribution is -2.46. The number of nitrogens with zero attached hydrogens (tertiary/aromatic N) is 3. The summed E-state index contributed by atoms with van der Waals surface area (Å²) in [6.45, 7) is 2.29. The number of amides is 2. The van der Waals surface area contributed by atoms with Gasteiger partial charge in [-0.3, -0.25) is 19.4 Å². The van der Waals surface area contributed by atoms with Gasteiger partial charge in [0.15, 0.2) is 0 Å². The Hall–Kier alpha value is -1.79. The van der Waals surface area contributed by atoms with E-state index in [1.54, 1.807) is 16.2 Å². The number of likely N-dealkylation sites (tertiary alicyclic amines) is 2. The number of piperidine rings is 1. The van der Waals surface area contributed by atoms with Gasteiger partial charge in [0.05, 0.1) is 27.3 Å². The van der Waals surface area contributed by atoms with E-state index in [9.17, 15) is 9.59 Å². The maximum absolute atomic E-state index is 13.1. The van der Waals surface area contributed by atoms with Crippen molar-refractivity contribution in [2.75, 3.05) is 19.8 Å². The number of benzene rings is 1. The molecule has 148 valence electrons. The molecule has 0 unspecified atom stereocenters. The number of thiazole rings is 1. The van der Waals surface area contributed by atoms with Crippen LogP contribution in [0.25, 0.3) is 10.2 Å². The molecule has 6 heteroatoms. The van der Waals surface area contributed by atoms with E-state index in [4.69, 9.17) is 4.98 Å². The summed E-state index contributed by atoms with van der Waals surface area (Å²) in [7, 11) is 0. The van der Waals surface area contributed by atoms with E-state index in [0.717, 1.165) is 57.1 Å². The molecule has 3 aliphatic rings. The number of para-hydroxylation sites is 1. The summed E-state index contributed by atoms with van der Waals surface area (Å²) in [5.41, 5.74) is 0.696. The molecule has 1 aromatic heterocycles. The standard InChI is InChI=1S/C22H27N3O2S/c26-19-13-22(10-4-1-5-11-22)21(27)25(19)15-24-12-6-7-16(14-24)20-23-17-8-2-3-9-18(17)28-20/h2-3,8-9,16H,1,4-7,10-15H2/t16-/m0/s1. The Labute approximate surface area is 169 Å². The third kappa shape index (κ3) is 3.16. The second kappa shape index (κ2) is 7.23. The lowest BCUT2D eigenvalue weighted by atomic mass is 9.73. The van der Waals surface area contributed by atoms with Gasteiger partial charge < -0.3 is 0 Å². The summed E-state index contributed by atoms with van der Waals surface area (Å²) in [6.07, 6.45) is 7.78. The van der Waals surface area contributed by atoms with Crippen LogP contribution in [0.2, 0.25) is 0 Å². The van der Waals surface area contributed by atoms with Crippen LogP contribution in [0.5, 0.6) is 0 Å². The first-order valence-electron chi connectivity index (χ1n) is 10.6. The number of fused-ring (bicyclic) bond motifs is 1. The Morgan fingerprint density at radius 2 is 1.93 bits per heavy atom. The highest BCUT2D eigenvalue weighted by atomic mass is 32.1. The molecule has 2 amide bonds. The summed E-state index contributed by atoms with van der Waals surface area (Å²) in [5.74, 6) is 0.524. The molecule has 5 nitrogen and oxygen atoms in total. The van der Waals surface area contributed by atoms with E-state index < -0.39 is 0 Å².